The van der Waals surface area contributed by atoms with Crippen molar-refractivity contribution in [3.8, 4) is 44.9 Å². The Morgan fingerprint density at radius 2 is 0.635 bits per heavy atom. The minimum absolute atomic E-state index is 0.254. The van der Waals surface area contributed by atoms with Crippen molar-refractivity contribution in [2.45, 2.75) is 47.3 Å². The molecule has 0 spiro atoms. The maximum atomic E-state index is 5.78. The molecule has 12 aromatic rings. The van der Waals surface area contributed by atoms with Crippen LogP contribution in [0.2, 0.25) is 0 Å². The first-order chi connectivity index (χ1) is 47.3. The number of para-hydroxylation sites is 2. The molecule has 96 heavy (non-hydrogen) atoms. The summed E-state index contributed by atoms with van der Waals surface area (Å²) in [5.74, 6) is 3.76. The number of rotatable bonds is 21. The Morgan fingerprint density at radius 1 is 0.323 bits per heavy atom. The highest BCUT2D eigenvalue weighted by atomic mass is 32.2. The van der Waals surface area contributed by atoms with E-state index in [0.717, 1.165) is 108 Å². The first-order valence-electron chi connectivity index (χ1n) is 33.6. The molecule has 2 aliphatic heterocycles. The minimum Gasteiger partial charge on any atom is -0.497 e. The number of anilines is 6. The summed E-state index contributed by atoms with van der Waals surface area (Å²) in [6.45, 7) is 7.95. The van der Waals surface area contributed by atoms with Gasteiger partial charge in [-0.25, -0.2) is 0 Å². The number of methoxy groups -OCH3 is 2. The van der Waals surface area contributed by atoms with E-state index in [2.05, 4.69) is 315 Å². The van der Waals surface area contributed by atoms with Gasteiger partial charge < -0.3 is 28.7 Å². The third kappa shape index (κ3) is 10.5. The number of nitrogens with zero attached hydrogens (tertiary/aromatic N) is 2. The van der Waals surface area contributed by atoms with Gasteiger partial charge in [-0.3, -0.25) is 0 Å². The topological polar surface area (TPSA) is 43.4 Å². The van der Waals surface area contributed by atoms with E-state index in [-0.39, 0.29) is 10.8 Å². The Balaban J connectivity index is 0.752. The Kier molecular flexibility index (Phi) is 16.3. The SMILES string of the molecule is CCC1(CSc2ccc(C3(c4ccc(OC)cc4)c4ccccc4-c4ccc(N(c5ccccc5)c5ccc(-c6ccc(N(c7ccccc7)c7ccc8c(c7)[C@@](c7ccc(OC)cc7)(c7ccc(SCC9(CC)COC9)cc7)c7ccccc7-8)cc6)cc5)cc43)cc2)COC1. The summed E-state index contributed by atoms with van der Waals surface area (Å²) in [6, 6.07) is 108. The molecule has 0 N–H and O–H groups in total. The Morgan fingerprint density at radius 3 is 0.969 bits per heavy atom. The van der Waals surface area contributed by atoms with Gasteiger partial charge in [0, 0.05) is 66.3 Å². The summed E-state index contributed by atoms with van der Waals surface area (Å²) >= 11 is 3.89. The quantitative estimate of drug-likeness (QED) is 0.0660. The van der Waals surface area contributed by atoms with Crippen LogP contribution in [-0.4, -0.2) is 52.2 Å². The molecule has 0 aromatic heterocycles. The number of hydrogen-bond donors (Lipinski definition) is 0. The van der Waals surface area contributed by atoms with Gasteiger partial charge in [-0.2, -0.15) is 0 Å². The first-order valence-corrected chi connectivity index (χ1v) is 35.6. The molecule has 8 heteroatoms. The second-order valence-corrected chi connectivity index (χ2v) is 28.4. The zero-order valence-corrected chi connectivity index (χ0v) is 56.3. The van der Waals surface area contributed by atoms with Gasteiger partial charge in [0.1, 0.15) is 11.5 Å². The molecule has 16 rings (SSSR count). The molecule has 2 aliphatic carbocycles. The number of fused-ring (bicyclic) bond motifs is 6. The molecule has 2 heterocycles. The zero-order valence-electron chi connectivity index (χ0n) is 54.7. The standard InChI is InChI=1S/C88H76N2O4S2/c1-5-85(55-93-56-85)59-95-75-47-33-65(34-48-75)87(63-29-43-73(91-3)44-30-63)81-23-15-13-21-77(81)79-51-41-71(53-83(79)87)89(67-17-9-7-10-18-67)69-37-25-61(26-38-69)62-27-39-70(40-28-62)90(68-19-11-8-12-20-68)72-42-52-80-78-22-14-16-24-82(78)88(84(80)54-72,64-31-45-74(92-4)46-32-64)66-35-49-76(50-36-66)96-60-86(6-2)57-94-58-86/h7-54H,5-6,55-60H2,1-4H3/t87-,88?/m0/s1. The van der Waals surface area contributed by atoms with Gasteiger partial charge in [0.15, 0.2) is 0 Å². The van der Waals surface area contributed by atoms with Crippen molar-refractivity contribution in [2.75, 3.05) is 62.0 Å². The van der Waals surface area contributed by atoms with Crippen LogP contribution in [-0.2, 0) is 20.3 Å². The van der Waals surface area contributed by atoms with Crippen LogP contribution in [0.3, 0.4) is 0 Å². The molecular weight excluding hydrogens is 1210 g/mol. The molecule has 2 fully saturated rings. The molecule has 1 unspecified atom stereocenters. The molecule has 2 saturated heterocycles. The number of ether oxygens (including phenoxy) is 4. The van der Waals surface area contributed by atoms with Crippen molar-refractivity contribution in [1.29, 1.82) is 0 Å². The van der Waals surface area contributed by atoms with Crippen LogP contribution >= 0.6 is 23.5 Å². The number of thioether (sulfide) groups is 2. The highest BCUT2D eigenvalue weighted by Crippen LogP contribution is 2.60. The Bertz CT molecular complexity index is 4430. The van der Waals surface area contributed by atoms with Crippen molar-refractivity contribution < 1.29 is 18.9 Å². The summed E-state index contributed by atoms with van der Waals surface area (Å²) in [7, 11) is 3.48. The lowest BCUT2D eigenvalue weighted by molar-refractivity contribution is -0.0994. The van der Waals surface area contributed by atoms with Gasteiger partial charge in [-0.15, -0.1) is 23.5 Å². The average molecular weight is 1290 g/mol. The summed E-state index contributed by atoms with van der Waals surface area (Å²) in [5.41, 5.74) is 22.8. The van der Waals surface area contributed by atoms with Gasteiger partial charge in [0.05, 0.1) is 51.5 Å². The summed E-state index contributed by atoms with van der Waals surface area (Å²) in [6.07, 6.45) is 2.25. The highest BCUT2D eigenvalue weighted by molar-refractivity contribution is 7.99. The fourth-order valence-corrected chi connectivity index (χ4v) is 17.7. The van der Waals surface area contributed by atoms with Crippen LogP contribution in [0.15, 0.2) is 301 Å². The van der Waals surface area contributed by atoms with Gasteiger partial charge in [-0.1, -0.05) is 184 Å². The van der Waals surface area contributed by atoms with E-state index in [9.17, 15) is 0 Å². The lowest BCUT2D eigenvalue weighted by atomic mass is 9.67. The number of benzene rings is 12. The largest absolute Gasteiger partial charge is 0.497 e. The van der Waals surface area contributed by atoms with E-state index < -0.39 is 10.8 Å². The average Bonchev–Trinajstić information content (AvgIpc) is 1.53. The van der Waals surface area contributed by atoms with E-state index >= 15 is 0 Å². The van der Waals surface area contributed by atoms with E-state index in [1.807, 2.05) is 23.5 Å². The van der Waals surface area contributed by atoms with Crippen LogP contribution in [0.25, 0.3) is 33.4 Å². The molecular formula is C88H76N2O4S2. The molecule has 4 aliphatic rings. The lowest BCUT2D eigenvalue weighted by Gasteiger charge is -2.40. The molecule has 0 amide bonds. The van der Waals surface area contributed by atoms with Gasteiger partial charge >= 0.3 is 0 Å². The van der Waals surface area contributed by atoms with E-state index in [1.54, 1.807) is 14.2 Å². The third-order valence-corrected chi connectivity index (χ3v) is 23.8. The monoisotopic (exact) mass is 1290 g/mol. The van der Waals surface area contributed by atoms with Crippen molar-refractivity contribution in [3.05, 3.63) is 336 Å². The fourth-order valence-electron chi connectivity index (χ4n) is 15.4. The van der Waals surface area contributed by atoms with Crippen LogP contribution in [0.4, 0.5) is 34.1 Å². The smallest absolute Gasteiger partial charge is 0.118 e. The molecule has 0 saturated carbocycles. The van der Waals surface area contributed by atoms with E-state index in [1.165, 1.54) is 76.6 Å². The lowest BCUT2D eigenvalue weighted by Crippen LogP contribution is -2.44. The van der Waals surface area contributed by atoms with Gasteiger partial charge in [0.2, 0.25) is 0 Å². The summed E-state index contributed by atoms with van der Waals surface area (Å²) < 4.78 is 23.0. The number of hydrogen-bond acceptors (Lipinski definition) is 8. The van der Waals surface area contributed by atoms with Crippen molar-refractivity contribution in [3.63, 3.8) is 0 Å². The summed E-state index contributed by atoms with van der Waals surface area (Å²) in [5, 5.41) is 0. The minimum atomic E-state index is -0.622. The van der Waals surface area contributed by atoms with E-state index in [0.29, 0.717) is 0 Å². The molecule has 2 atom stereocenters. The second-order valence-electron chi connectivity index (χ2n) is 26.3. The predicted molar refractivity (Wildman–Crippen MR) is 397 cm³/mol. The van der Waals surface area contributed by atoms with Crippen LogP contribution < -0.4 is 19.3 Å². The van der Waals surface area contributed by atoms with Crippen LogP contribution in [0.5, 0.6) is 11.5 Å². The summed E-state index contributed by atoms with van der Waals surface area (Å²) in [4.78, 5) is 7.35. The molecule has 474 valence electrons. The van der Waals surface area contributed by atoms with E-state index in [4.69, 9.17) is 18.9 Å². The van der Waals surface area contributed by atoms with Crippen LogP contribution in [0.1, 0.15) is 71.2 Å². The fraction of sp³-hybridized carbons (Fsp3) is 0.182. The zero-order chi connectivity index (χ0) is 64.9. The van der Waals surface area contributed by atoms with Crippen LogP contribution in [0, 0.1) is 10.8 Å². The molecule has 12 aromatic carbocycles. The highest BCUT2D eigenvalue weighted by Gasteiger charge is 2.49. The molecule has 6 nitrogen and oxygen atoms in total. The maximum absolute atomic E-state index is 5.78. The third-order valence-electron chi connectivity index (χ3n) is 21.0. The Hall–Kier alpha value is -9.54. The first kappa shape index (κ1) is 61.3. The predicted octanol–water partition coefficient (Wildman–Crippen LogP) is 22.1. The second kappa shape index (κ2) is 25.6. The molecule has 0 bridgehead atoms. The maximum Gasteiger partial charge on any atom is 0.118 e. The van der Waals surface area contributed by atoms with Crippen molar-refractivity contribution in [2.24, 2.45) is 10.8 Å². The van der Waals surface area contributed by atoms with Gasteiger partial charge in [0.25, 0.3) is 0 Å². The van der Waals surface area contributed by atoms with Gasteiger partial charge in [-0.05, 0) is 212 Å². The molecule has 0 radical (unpaired) electrons. The van der Waals surface area contributed by atoms with Crippen molar-refractivity contribution >= 4 is 57.6 Å². The Labute approximate surface area is 573 Å². The van der Waals surface area contributed by atoms with Crippen molar-refractivity contribution in [1.82, 2.24) is 0 Å². The normalized spacial score (nSPS) is 17.4.